The second kappa shape index (κ2) is 2.69. The van der Waals surface area contributed by atoms with Crippen LogP contribution in [0.3, 0.4) is 0 Å². The highest BCUT2D eigenvalue weighted by atomic mass is 16.3. The zero-order valence-electron chi connectivity index (χ0n) is 7.66. The van der Waals surface area contributed by atoms with Gasteiger partial charge in [0.1, 0.15) is 0 Å². The Morgan fingerprint density at radius 2 is 1.92 bits per heavy atom. The Bertz CT molecular complexity index is 169. The van der Waals surface area contributed by atoms with Crippen LogP contribution in [0.25, 0.3) is 0 Å². The van der Waals surface area contributed by atoms with Crippen LogP contribution < -0.4 is 5.73 Å². The van der Waals surface area contributed by atoms with Crippen molar-refractivity contribution in [2.75, 3.05) is 13.6 Å². The number of hydrogen-bond acceptors (Lipinski definition) is 3. The lowest BCUT2D eigenvalue weighted by molar-refractivity contribution is -0.0370. The zero-order valence-corrected chi connectivity index (χ0v) is 7.66. The van der Waals surface area contributed by atoms with Crippen molar-refractivity contribution >= 4 is 0 Å². The van der Waals surface area contributed by atoms with Crippen molar-refractivity contribution in [3.63, 3.8) is 0 Å². The second-order valence-electron chi connectivity index (χ2n) is 4.39. The molecule has 2 aliphatic heterocycles. The van der Waals surface area contributed by atoms with Gasteiger partial charge in [0.05, 0.1) is 5.60 Å². The Labute approximate surface area is 73.5 Å². The van der Waals surface area contributed by atoms with Crippen molar-refractivity contribution < 1.29 is 5.11 Å². The molecular weight excluding hydrogens is 152 g/mol. The predicted molar refractivity (Wildman–Crippen MR) is 47.8 cm³/mol. The fourth-order valence-electron chi connectivity index (χ4n) is 2.71. The maximum atomic E-state index is 10.0. The first-order valence-corrected chi connectivity index (χ1v) is 4.79. The van der Waals surface area contributed by atoms with Gasteiger partial charge in [-0.15, -0.1) is 0 Å². The molecule has 70 valence electrons. The van der Waals surface area contributed by atoms with Crippen molar-refractivity contribution in [3.05, 3.63) is 0 Å². The predicted octanol–water partition coefficient (Wildman–Crippen LogP) is -0.0672. The molecule has 2 heterocycles. The summed E-state index contributed by atoms with van der Waals surface area (Å²) in [4.78, 5) is 2.41. The summed E-state index contributed by atoms with van der Waals surface area (Å²) in [6.45, 7) is 0.424. The summed E-state index contributed by atoms with van der Waals surface area (Å²) in [5, 5.41) is 10.0. The topological polar surface area (TPSA) is 49.5 Å². The number of piperidine rings is 1. The van der Waals surface area contributed by atoms with Crippen LogP contribution in [0.4, 0.5) is 0 Å². The molecule has 2 saturated heterocycles. The van der Waals surface area contributed by atoms with E-state index in [1.54, 1.807) is 0 Å². The number of rotatable bonds is 1. The molecule has 0 saturated carbocycles. The zero-order chi connectivity index (χ0) is 8.77. The second-order valence-corrected chi connectivity index (χ2v) is 4.39. The van der Waals surface area contributed by atoms with Gasteiger partial charge in [-0.3, -0.25) is 0 Å². The molecule has 3 N–H and O–H groups in total. The third kappa shape index (κ3) is 1.16. The van der Waals surface area contributed by atoms with E-state index in [2.05, 4.69) is 11.9 Å². The molecule has 2 bridgehead atoms. The summed E-state index contributed by atoms with van der Waals surface area (Å²) in [6.07, 6.45) is 4.22. The maximum Gasteiger partial charge on any atom is 0.0799 e. The SMILES string of the molecule is CN1[C@@H]2CC[C@H]1CC(O)(CN)C2. The third-order valence-electron chi connectivity index (χ3n) is 3.60. The molecule has 0 aromatic carbocycles. The fraction of sp³-hybridized carbons (Fsp3) is 1.00. The Balaban J connectivity index is 2.12. The van der Waals surface area contributed by atoms with Crippen LogP contribution >= 0.6 is 0 Å². The van der Waals surface area contributed by atoms with Crippen molar-refractivity contribution in [3.8, 4) is 0 Å². The molecule has 0 spiro atoms. The van der Waals surface area contributed by atoms with E-state index in [1.807, 2.05) is 0 Å². The number of hydrogen-bond donors (Lipinski definition) is 2. The molecule has 3 atom stereocenters. The number of nitrogens with zero attached hydrogens (tertiary/aromatic N) is 1. The molecule has 0 aromatic heterocycles. The molecule has 3 nitrogen and oxygen atoms in total. The van der Waals surface area contributed by atoms with Gasteiger partial charge in [-0.25, -0.2) is 0 Å². The molecule has 1 unspecified atom stereocenters. The highest BCUT2D eigenvalue weighted by Gasteiger charge is 2.44. The van der Waals surface area contributed by atoms with E-state index in [0.29, 0.717) is 18.6 Å². The molecule has 0 aliphatic carbocycles. The molecule has 0 amide bonds. The van der Waals surface area contributed by atoms with Crippen molar-refractivity contribution in [1.29, 1.82) is 0 Å². The number of fused-ring (bicyclic) bond motifs is 2. The molecule has 2 rings (SSSR count). The van der Waals surface area contributed by atoms with Crippen LogP contribution in [0.1, 0.15) is 25.7 Å². The van der Waals surface area contributed by atoms with Crippen molar-refractivity contribution in [1.82, 2.24) is 4.90 Å². The average Bonchev–Trinajstić information content (AvgIpc) is 2.32. The van der Waals surface area contributed by atoms with Crippen molar-refractivity contribution in [2.45, 2.75) is 43.4 Å². The monoisotopic (exact) mass is 170 g/mol. The summed E-state index contributed by atoms with van der Waals surface area (Å²) in [5.74, 6) is 0. The van der Waals surface area contributed by atoms with E-state index in [-0.39, 0.29) is 0 Å². The Morgan fingerprint density at radius 3 is 2.33 bits per heavy atom. The van der Waals surface area contributed by atoms with Gasteiger partial charge < -0.3 is 15.7 Å². The van der Waals surface area contributed by atoms with E-state index >= 15 is 0 Å². The van der Waals surface area contributed by atoms with Crippen LogP contribution in [-0.2, 0) is 0 Å². The molecule has 2 fully saturated rings. The normalized spacial score (nSPS) is 48.2. The Kier molecular flexibility index (Phi) is 1.90. The smallest absolute Gasteiger partial charge is 0.0799 e. The summed E-state index contributed by atoms with van der Waals surface area (Å²) < 4.78 is 0. The third-order valence-corrected chi connectivity index (χ3v) is 3.60. The van der Waals surface area contributed by atoms with Crippen LogP contribution in [0.15, 0.2) is 0 Å². The van der Waals surface area contributed by atoms with E-state index in [9.17, 15) is 5.11 Å². The van der Waals surface area contributed by atoms with Gasteiger partial charge in [-0.05, 0) is 32.7 Å². The van der Waals surface area contributed by atoms with Gasteiger partial charge in [0, 0.05) is 18.6 Å². The van der Waals surface area contributed by atoms with E-state index in [4.69, 9.17) is 5.73 Å². The number of nitrogens with two attached hydrogens (primary N) is 1. The molecule has 3 heteroatoms. The highest BCUT2D eigenvalue weighted by Crippen LogP contribution is 2.38. The maximum absolute atomic E-state index is 10.0. The van der Waals surface area contributed by atoms with Crippen LogP contribution in [0.2, 0.25) is 0 Å². The lowest BCUT2D eigenvalue weighted by atomic mass is 9.86. The van der Waals surface area contributed by atoms with E-state index in [1.165, 1.54) is 12.8 Å². The molecule has 0 aromatic rings. The molecule has 0 radical (unpaired) electrons. The van der Waals surface area contributed by atoms with Gasteiger partial charge in [0.2, 0.25) is 0 Å². The van der Waals surface area contributed by atoms with Gasteiger partial charge in [0.15, 0.2) is 0 Å². The Hall–Kier alpha value is -0.120. The largest absolute Gasteiger partial charge is 0.388 e. The average molecular weight is 170 g/mol. The molecular formula is C9H18N2O. The van der Waals surface area contributed by atoms with E-state index in [0.717, 1.165) is 12.8 Å². The van der Waals surface area contributed by atoms with E-state index < -0.39 is 5.60 Å². The summed E-state index contributed by atoms with van der Waals surface area (Å²) >= 11 is 0. The van der Waals surface area contributed by atoms with Crippen molar-refractivity contribution in [2.24, 2.45) is 5.73 Å². The lowest BCUT2D eigenvalue weighted by Gasteiger charge is -2.41. The summed E-state index contributed by atoms with van der Waals surface area (Å²) in [6, 6.07) is 1.16. The van der Waals surface area contributed by atoms with Crippen LogP contribution in [0, 0.1) is 0 Å². The first-order chi connectivity index (χ1) is 5.64. The lowest BCUT2D eigenvalue weighted by Crippen LogP contribution is -2.52. The standard InChI is InChI=1S/C9H18N2O/c1-11-7-2-3-8(11)5-9(12,4-7)6-10/h7-8,12H,2-6,10H2,1H3/t7-,8+,9?. The Morgan fingerprint density at radius 1 is 1.42 bits per heavy atom. The minimum atomic E-state index is -0.557. The van der Waals surface area contributed by atoms with Gasteiger partial charge in [-0.2, -0.15) is 0 Å². The summed E-state index contributed by atoms with van der Waals surface area (Å²) in [7, 11) is 2.17. The minimum absolute atomic E-state index is 0.424. The molecule has 12 heavy (non-hydrogen) atoms. The van der Waals surface area contributed by atoms with Crippen LogP contribution in [-0.4, -0.2) is 41.3 Å². The minimum Gasteiger partial charge on any atom is -0.388 e. The summed E-state index contributed by atoms with van der Waals surface area (Å²) in [5.41, 5.74) is 5.01. The van der Waals surface area contributed by atoms with Gasteiger partial charge >= 0.3 is 0 Å². The highest BCUT2D eigenvalue weighted by molar-refractivity contribution is 5.01. The van der Waals surface area contributed by atoms with Gasteiger partial charge in [-0.1, -0.05) is 0 Å². The first kappa shape index (κ1) is 8.48. The number of aliphatic hydroxyl groups is 1. The quantitative estimate of drug-likeness (QED) is 0.579. The van der Waals surface area contributed by atoms with Crippen LogP contribution in [0.5, 0.6) is 0 Å². The molecule has 2 aliphatic rings. The fourth-order valence-corrected chi connectivity index (χ4v) is 2.71. The van der Waals surface area contributed by atoms with Gasteiger partial charge in [0.25, 0.3) is 0 Å². The first-order valence-electron chi connectivity index (χ1n) is 4.79.